The predicted octanol–water partition coefficient (Wildman–Crippen LogP) is 4.72. The summed E-state index contributed by atoms with van der Waals surface area (Å²) in [5, 5.41) is 14.7. The predicted molar refractivity (Wildman–Crippen MR) is 108 cm³/mol. The second-order valence-electron chi connectivity index (χ2n) is 7.95. The van der Waals surface area contributed by atoms with Crippen LogP contribution < -0.4 is 10.1 Å². The molecule has 1 fully saturated rings. The molecule has 0 bridgehead atoms. The summed E-state index contributed by atoms with van der Waals surface area (Å²) >= 11 is 1.58. The maximum absolute atomic E-state index is 10.5. The number of thiazole rings is 1. The number of nitrogens with zero attached hydrogens (tertiary/aromatic N) is 1. The van der Waals surface area contributed by atoms with Gasteiger partial charge in [0.2, 0.25) is 0 Å². The number of hydrogen-bond acceptors (Lipinski definition) is 5. The maximum Gasteiger partial charge on any atom is 0.304 e. The van der Waals surface area contributed by atoms with Crippen molar-refractivity contribution in [3.05, 3.63) is 34.7 Å². The molecule has 1 aromatic carbocycles. The monoisotopic (exact) mass is 388 g/mol. The molecule has 0 unspecified atom stereocenters. The van der Waals surface area contributed by atoms with Gasteiger partial charge in [-0.05, 0) is 55.4 Å². The third-order valence-corrected chi connectivity index (χ3v) is 5.93. The van der Waals surface area contributed by atoms with Crippen LogP contribution in [0.5, 0.6) is 5.75 Å². The fourth-order valence-electron chi connectivity index (χ4n) is 3.30. The van der Waals surface area contributed by atoms with Gasteiger partial charge in [0.15, 0.2) is 0 Å². The van der Waals surface area contributed by atoms with E-state index in [-0.39, 0.29) is 6.42 Å². The third-order valence-electron chi connectivity index (χ3n) is 5.08. The molecule has 1 aliphatic carbocycles. The van der Waals surface area contributed by atoms with Gasteiger partial charge in [0.05, 0.1) is 18.2 Å². The lowest BCUT2D eigenvalue weighted by atomic mass is 9.76. The zero-order chi connectivity index (χ0) is 19.3. The highest BCUT2D eigenvalue weighted by molar-refractivity contribution is 7.09. The summed E-state index contributed by atoms with van der Waals surface area (Å²) in [4.78, 5) is 15.1. The van der Waals surface area contributed by atoms with E-state index in [1.165, 1.54) is 12.8 Å². The van der Waals surface area contributed by atoms with Crippen molar-refractivity contribution in [1.29, 1.82) is 0 Å². The normalized spacial score (nSPS) is 17.0. The van der Waals surface area contributed by atoms with E-state index >= 15 is 0 Å². The van der Waals surface area contributed by atoms with Crippen LogP contribution in [0, 0.1) is 5.41 Å². The van der Waals surface area contributed by atoms with E-state index in [2.05, 4.69) is 36.3 Å². The molecule has 27 heavy (non-hydrogen) atoms. The second-order valence-corrected chi connectivity index (χ2v) is 8.90. The molecule has 6 heteroatoms. The molecular weight excluding hydrogens is 360 g/mol. The van der Waals surface area contributed by atoms with Crippen LogP contribution in [-0.2, 0) is 11.3 Å². The first-order valence-electron chi connectivity index (χ1n) is 9.55. The van der Waals surface area contributed by atoms with Gasteiger partial charge in [0, 0.05) is 24.0 Å². The number of carbonyl (C=O) groups is 1. The van der Waals surface area contributed by atoms with Gasteiger partial charge in [-0.3, -0.25) is 4.79 Å². The molecule has 0 radical (unpaired) electrons. The van der Waals surface area contributed by atoms with Crippen molar-refractivity contribution in [2.45, 2.75) is 58.6 Å². The molecule has 1 aliphatic rings. The van der Waals surface area contributed by atoms with Gasteiger partial charge >= 0.3 is 5.97 Å². The van der Waals surface area contributed by atoms with Gasteiger partial charge in [-0.1, -0.05) is 13.8 Å². The van der Waals surface area contributed by atoms with Crippen molar-refractivity contribution < 1.29 is 14.6 Å². The molecular formula is C21H28N2O3S. The fraction of sp³-hybridized carbons (Fsp3) is 0.524. The number of ether oxygens (including phenoxy) is 1. The highest BCUT2D eigenvalue weighted by Gasteiger charge is 2.27. The van der Waals surface area contributed by atoms with Gasteiger partial charge < -0.3 is 15.2 Å². The Labute approximate surface area is 164 Å². The van der Waals surface area contributed by atoms with Crippen LogP contribution in [0.25, 0.3) is 11.3 Å². The standard InChI is InChI=1S/C21H28N2O3S/c1-21(2)10-7-17(8-11-21)26-16-5-3-15(4-6-16)18-14-27-19(23-18)13-22-12-9-20(24)25/h3-6,14,17,22H,7-13H2,1-2H3,(H,24,25). The molecule has 1 aromatic heterocycles. The Kier molecular flexibility index (Phi) is 6.50. The smallest absolute Gasteiger partial charge is 0.304 e. The quantitative estimate of drug-likeness (QED) is 0.640. The zero-order valence-corrected chi connectivity index (χ0v) is 16.8. The molecule has 0 amide bonds. The molecule has 0 spiro atoms. The average Bonchev–Trinajstić information content (AvgIpc) is 3.10. The van der Waals surface area contributed by atoms with E-state index in [1.807, 2.05) is 17.5 Å². The summed E-state index contributed by atoms with van der Waals surface area (Å²) in [5.74, 6) is 0.135. The van der Waals surface area contributed by atoms with Crippen molar-refractivity contribution >= 4 is 17.3 Å². The van der Waals surface area contributed by atoms with E-state index in [4.69, 9.17) is 9.84 Å². The Hall–Kier alpha value is -1.92. The van der Waals surface area contributed by atoms with Crippen LogP contribution in [0.3, 0.4) is 0 Å². The van der Waals surface area contributed by atoms with Crippen LogP contribution in [0.2, 0.25) is 0 Å². The number of aliphatic carboxylic acids is 1. The molecule has 2 N–H and O–H groups in total. The first-order valence-corrected chi connectivity index (χ1v) is 10.4. The number of hydrogen-bond donors (Lipinski definition) is 2. The maximum atomic E-state index is 10.5. The number of carboxylic acid groups (broad SMARTS) is 1. The van der Waals surface area contributed by atoms with Crippen molar-refractivity contribution in [1.82, 2.24) is 10.3 Å². The Balaban J connectivity index is 1.51. The number of rotatable bonds is 8. The van der Waals surface area contributed by atoms with E-state index in [0.29, 0.717) is 24.6 Å². The van der Waals surface area contributed by atoms with Crippen LogP contribution >= 0.6 is 11.3 Å². The minimum absolute atomic E-state index is 0.123. The molecule has 1 saturated carbocycles. The molecule has 3 rings (SSSR count). The molecule has 1 heterocycles. The van der Waals surface area contributed by atoms with Gasteiger partial charge in [0.25, 0.3) is 0 Å². The number of aromatic nitrogens is 1. The van der Waals surface area contributed by atoms with Crippen molar-refractivity contribution in [3.8, 4) is 17.0 Å². The number of nitrogens with one attached hydrogen (secondary N) is 1. The zero-order valence-electron chi connectivity index (χ0n) is 16.0. The average molecular weight is 389 g/mol. The second kappa shape index (κ2) is 8.85. The summed E-state index contributed by atoms with van der Waals surface area (Å²) in [7, 11) is 0. The molecule has 146 valence electrons. The van der Waals surface area contributed by atoms with Crippen LogP contribution in [0.1, 0.15) is 51.0 Å². The van der Waals surface area contributed by atoms with Gasteiger partial charge in [0.1, 0.15) is 10.8 Å². The van der Waals surface area contributed by atoms with Crippen molar-refractivity contribution in [3.63, 3.8) is 0 Å². The minimum atomic E-state index is -0.790. The molecule has 2 aromatic rings. The highest BCUT2D eigenvalue weighted by atomic mass is 32.1. The summed E-state index contributed by atoms with van der Waals surface area (Å²) in [6.45, 7) is 5.72. The SMILES string of the molecule is CC1(C)CCC(Oc2ccc(-c3csc(CNCCC(=O)O)n3)cc2)CC1. The van der Waals surface area contributed by atoms with Crippen molar-refractivity contribution in [2.75, 3.05) is 6.54 Å². The molecule has 5 nitrogen and oxygen atoms in total. The summed E-state index contributed by atoms with van der Waals surface area (Å²) in [6.07, 6.45) is 5.14. The van der Waals surface area contributed by atoms with Crippen LogP contribution in [0.4, 0.5) is 0 Å². The van der Waals surface area contributed by atoms with E-state index < -0.39 is 5.97 Å². The van der Waals surface area contributed by atoms with Gasteiger partial charge in [-0.25, -0.2) is 4.98 Å². The van der Waals surface area contributed by atoms with E-state index in [9.17, 15) is 4.79 Å². The Bertz CT molecular complexity index is 745. The molecule has 0 aliphatic heterocycles. The van der Waals surface area contributed by atoms with Gasteiger partial charge in [-0.2, -0.15) is 0 Å². The summed E-state index contributed by atoms with van der Waals surface area (Å²) in [5.41, 5.74) is 2.47. The minimum Gasteiger partial charge on any atom is -0.490 e. The Morgan fingerprint density at radius 1 is 1.30 bits per heavy atom. The topological polar surface area (TPSA) is 71.5 Å². The van der Waals surface area contributed by atoms with Crippen LogP contribution in [0.15, 0.2) is 29.6 Å². The van der Waals surface area contributed by atoms with Crippen molar-refractivity contribution in [2.24, 2.45) is 5.41 Å². The first-order chi connectivity index (χ1) is 12.9. The van der Waals surface area contributed by atoms with Gasteiger partial charge in [-0.15, -0.1) is 11.3 Å². The largest absolute Gasteiger partial charge is 0.490 e. The number of carboxylic acids is 1. The fourth-order valence-corrected chi connectivity index (χ4v) is 4.08. The summed E-state index contributed by atoms with van der Waals surface area (Å²) < 4.78 is 6.15. The lowest BCUT2D eigenvalue weighted by Crippen LogP contribution is -2.28. The van der Waals surface area contributed by atoms with E-state index in [1.54, 1.807) is 11.3 Å². The Morgan fingerprint density at radius 2 is 2.00 bits per heavy atom. The van der Waals surface area contributed by atoms with Crippen LogP contribution in [-0.4, -0.2) is 28.7 Å². The lowest BCUT2D eigenvalue weighted by Gasteiger charge is -2.34. The summed E-state index contributed by atoms with van der Waals surface area (Å²) in [6, 6.07) is 8.16. The third kappa shape index (κ3) is 6.04. The molecule has 0 saturated heterocycles. The lowest BCUT2D eigenvalue weighted by molar-refractivity contribution is -0.136. The first kappa shape index (κ1) is 19.8. The number of benzene rings is 1. The Morgan fingerprint density at radius 3 is 2.67 bits per heavy atom. The molecule has 0 atom stereocenters. The van der Waals surface area contributed by atoms with E-state index in [0.717, 1.165) is 34.9 Å². The highest BCUT2D eigenvalue weighted by Crippen LogP contribution is 2.36.